The summed E-state index contributed by atoms with van der Waals surface area (Å²) in [5.41, 5.74) is 6.39. The first kappa shape index (κ1) is 15.4. The SMILES string of the molecule is CC(CO)(NC(=O)c1ccc(N)c(Cl)c1)c1ccccc1. The number of aliphatic hydroxyl groups excluding tert-OH is 1. The van der Waals surface area contributed by atoms with Gasteiger partial charge in [0.05, 0.1) is 22.9 Å². The minimum absolute atomic E-state index is 0.217. The lowest BCUT2D eigenvalue weighted by atomic mass is 9.92. The van der Waals surface area contributed by atoms with Crippen molar-refractivity contribution >= 4 is 23.2 Å². The van der Waals surface area contributed by atoms with E-state index < -0.39 is 5.54 Å². The normalized spacial score (nSPS) is 13.5. The Kier molecular flexibility index (Phi) is 4.50. The summed E-state index contributed by atoms with van der Waals surface area (Å²) in [6.45, 7) is 1.55. The minimum Gasteiger partial charge on any atom is -0.398 e. The van der Waals surface area contributed by atoms with Crippen LogP contribution in [0.3, 0.4) is 0 Å². The molecule has 0 radical (unpaired) electrons. The highest BCUT2D eigenvalue weighted by Gasteiger charge is 2.28. The van der Waals surface area contributed by atoms with E-state index in [1.165, 1.54) is 6.07 Å². The molecular weight excluding hydrogens is 288 g/mol. The highest BCUT2D eigenvalue weighted by molar-refractivity contribution is 6.33. The van der Waals surface area contributed by atoms with Gasteiger partial charge in [-0.25, -0.2) is 0 Å². The Labute approximate surface area is 128 Å². The smallest absolute Gasteiger partial charge is 0.252 e. The third-order valence-electron chi connectivity index (χ3n) is 3.38. The second-order valence-corrected chi connectivity index (χ2v) is 5.45. The standard InChI is InChI=1S/C16H17ClN2O2/c1-16(10-20,12-5-3-2-4-6-12)19-15(21)11-7-8-14(18)13(17)9-11/h2-9,20H,10,18H2,1H3,(H,19,21). The van der Waals surface area contributed by atoms with Crippen molar-refractivity contribution in [3.8, 4) is 0 Å². The minimum atomic E-state index is -0.869. The lowest BCUT2D eigenvalue weighted by Crippen LogP contribution is -2.46. The number of aliphatic hydroxyl groups is 1. The van der Waals surface area contributed by atoms with Gasteiger partial charge in [-0.05, 0) is 30.7 Å². The summed E-state index contributed by atoms with van der Waals surface area (Å²) in [5.74, 6) is -0.322. The van der Waals surface area contributed by atoms with Crippen LogP contribution in [0.1, 0.15) is 22.8 Å². The van der Waals surface area contributed by atoms with Crippen LogP contribution in [0, 0.1) is 0 Å². The molecule has 0 aliphatic heterocycles. The van der Waals surface area contributed by atoms with Gasteiger partial charge in [0.15, 0.2) is 0 Å². The highest BCUT2D eigenvalue weighted by Crippen LogP contribution is 2.23. The summed E-state index contributed by atoms with van der Waals surface area (Å²) in [6, 6.07) is 14.0. The van der Waals surface area contributed by atoms with E-state index in [4.69, 9.17) is 17.3 Å². The molecule has 0 heterocycles. The molecule has 4 N–H and O–H groups in total. The number of carbonyl (C=O) groups is 1. The number of amides is 1. The van der Waals surface area contributed by atoms with Crippen LogP contribution >= 0.6 is 11.6 Å². The lowest BCUT2D eigenvalue weighted by Gasteiger charge is -2.29. The Hall–Kier alpha value is -2.04. The van der Waals surface area contributed by atoms with Crippen LogP contribution in [0.25, 0.3) is 0 Å². The Balaban J connectivity index is 2.26. The first-order valence-electron chi connectivity index (χ1n) is 6.50. The molecular formula is C16H17ClN2O2. The summed E-state index contributed by atoms with van der Waals surface area (Å²) in [6.07, 6.45) is 0. The van der Waals surface area contributed by atoms with Crippen LogP contribution in [-0.4, -0.2) is 17.6 Å². The molecule has 5 heteroatoms. The maximum absolute atomic E-state index is 12.3. The van der Waals surface area contributed by atoms with E-state index in [0.29, 0.717) is 16.3 Å². The topological polar surface area (TPSA) is 75.3 Å². The lowest BCUT2D eigenvalue weighted by molar-refractivity contribution is 0.0849. The summed E-state index contributed by atoms with van der Waals surface area (Å²) in [4.78, 5) is 12.3. The summed E-state index contributed by atoms with van der Waals surface area (Å²) >= 11 is 5.93. The Bertz CT molecular complexity index is 646. The van der Waals surface area contributed by atoms with Gasteiger partial charge in [0.25, 0.3) is 5.91 Å². The van der Waals surface area contributed by atoms with Gasteiger partial charge in [-0.2, -0.15) is 0 Å². The van der Waals surface area contributed by atoms with Crippen molar-refractivity contribution in [3.05, 3.63) is 64.7 Å². The number of rotatable bonds is 4. The number of carbonyl (C=O) groups excluding carboxylic acids is 1. The van der Waals surface area contributed by atoms with Crippen molar-refractivity contribution in [2.75, 3.05) is 12.3 Å². The van der Waals surface area contributed by atoms with Crippen LogP contribution in [0.2, 0.25) is 5.02 Å². The van der Waals surface area contributed by atoms with E-state index in [0.717, 1.165) is 5.56 Å². The average molecular weight is 305 g/mol. The van der Waals surface area contributed by atoms with Gasteiger partial charge < -0.3 is 16.2 Å². The van der Waals surface area contributed by atoms with Gasteiger partial charge in [0.1, 0.15) is 0 Å². The monoisotopic (exact) mass is 304 g/mol. The van der Waals surface area contributed by atoms with Gasteiger partial charge >= 0.3 is 0 Å². The number of nitrogen functional groups attached to an aromatic ring is 1. The quantitative estimate of drug-likeness (QED) is 0.760. The molecule has 2 aromatic rings. The number of nitrogens with one attached hydrogen (secondary N) is 1. The zero-order valence-electron chi connectivity index (χ0n) is 11.6. The molecule has 2 rings (SSSR count). The molecule has 0 spiro atoms. The van der Waals surface area contributed by atoms with Crippen molar-refractivity contribution in [3.63, 3.8) is 0 Å². The van der Waals surface area contributed by atoms with Gasteiger partial charge in [-0.1, -0.05) is 41.9 Å². The number of anilines is 1. The molecule has 0 saturated carbocycles. The molecule has 0 saturated heterocycles. The van der Waals surface area contributed by atoms with E-state index in [1.54, 1.807) is 19.1 Å². The highest BCUT2D eigenvalue weighted by atomic mass is 35.5. The van der Waals surface area contributed by atoms with E-state index in [-0.39, 0.29) is 12.5 Å². The van der Waals surface area contributed by atoms with Gasteiger partial charge in [0.2, 0.25) is 0 Å². The zero-order chi connectivity index (χ0) is 15.5. The third-order valence-corrected chi connectivity index (χ3v) is 3.71. The van der Waals surface area contributed by atoms with E-state index in [9.17, 15) is 9.90 Å². The first-order chi connectivity index (χ1) is 9.96. The maximum Gasteiger partial charge on any atom is 0.252 e. The number of hydrogen-bond donors (Lipinski definition) is 3. The Morgan fingerprint density at radius 2 is 1.95 bits per heavy atom. The number of hydrogen-bond acceptors (Lipinski definition) is 3. The van der Waals surface area contributed by atoms with Crippen LogP contribution in [-0.2, 0) is 5.54 Å². The fourth-order valence-corrected chi connectivity index (χ4v) is 2.18. The maximum atomic E-state index is 12.3. The van der Waals surface area contributed by atoms with Crippen molar-refractivity contribution in [2.24, 2.45) is 0 Å². The predicted molar refractivity (Wildman–Crippen MR) is 84.2 cm³/mol. The van der Waals surface area contributed by atoms with E-state index >= 15 is 0 Å². The van der Waals surface area contributed by atoms with Crippen LogP contribution in [0.4, 0.5) is 5.69 Å². The molecule has 21 heavy (non-hydrogen) atoms. The summed E-state index contributed by atoms with van der Waals surface area (Å²) < 4.78 is 0. The summed E-state index contributed by atoms with van der Waals surface area (Å²) in [7, 11) is 0. The predicted octanol–water partition coefficient (Wildman–Crippen LogP) is 2.56. The molecule has 0 aromatic heterocycles. The first-order valence-corrected chi connectivity index (χ1v) is 6.88. The molecule has 0 fully saturated rings. The summed E-state index contributed by atoms with van der Waals surface area (Å²) in [5, 5.41) is 12.8. The molecule has 1 amide bonds. The Morgan fingerprint density at radius 1 is 1.29 bits per heavy atom. The molecule has 0 aliphatic rings. The molecule has 1 atom stereocenters. The largest absolute Gasteiger partial charge is 0.398 e. The van der Waals surface area contributed by atoms with E-state index in [2.05, 4.69) is 5.32 Å². The van der Waals surface area contributed by atoms with Crippen molar-refractivity contribution in [1.29, 1.82) is 0 Å². The third kappa shape index (κ3) is 3.35. The number of halogens is 1. The fraction of sp³-hybridized carbons (Fsp3) is 0.188. The molecule has 4 nitrogen and oxygen atoms in total. The van der Waals surface area contributed by atoms with Crippen LogP contribution < -0.4 is 11.1 Å². The second kappa shape index (κ2) is 6.16. The molecule has 2 aromatic carbocycles. The Morgan fingerprint density at radius 3 is 2.52 bits per heavy atom. The van der Waals surface area contributed by atoms with Crippen molar-refractivity contribution in [2.45, 2.75) is 12.5 Å². The number of nitrogens with two attached hydrogens (primary N) is 1. The molecule has 0 bridgehead atoms. The molecule has 110 valence electrons. The zero-order valence-corrected chi connectivity index (χ0v) is 12.4. The van der Waals surface area contributed by atoms with Gasteiger partial charge in [-0.3, -0.25) is 4.79 Å². The van der Waals surface area contributed by atoms with Crippen LogP contribution in [0.15, 0.2) is 48.5 Å². The van der Waals surface area contributed by atoms with Gasteiger partial charge in [0, 0.05) is 5.56 Å². The van der Waals surface area contributed by atoms with Crippen molar-refractivity contribution < 1.29 is 9.90 Å². The second-order valence-electron chi connectivity index (χ2n) is 5.05. The van der Waals surface area contributed by atoms with Gasteiger partial charge in [-0.15, -0.1) is 0 Å². The molecule has 1 unspecified atom stereocenters. The molecule has 0 aliphatic carbocycles. The van der Waals surface area contributed by atoms with Crippen molar-refractivity contribution in [1.82, 2.24) is 5.32 Å². The fourth-order valence-electron chi connectivity index (χ4n) is 2.00. The van der Waals surface area contributed by atoms with Crippen LogP contribution in [0.5, 0.6) is 0 Å². The average Bonchev–Trinajstić information content (AvgIpc) is 2.50. The van der Waals surface area contributed by atoms with E-state index in [1.807, 2.05) is 30.3 Å². The number of benzene rings is 2.